The third-order valence-corrected chi connectivity index (χ3v) is 10.3. The van der Waals surface area contributed by atoms with Crippen LogP contribution < -0.4 is 0 Å². The molecule has 1 saturated heterocycles. The van der Waals surface area contributed by atoms with Gasteiger partial charge in [0.2, 0.25) is 0 Å². The van der Waals surface area contributed by atoms with Crippen molar-refractivity contribution < 1.29 is 27.9 Å². The number of halogens is 2. The van der Waals surface area contributed by atoms with Crippen LogP contribution in [0.1, 0.15) is 63.1 Å². The van der Waals surface area contributed by atoms with Crippen molar-refractivity contribution in [2.45, 2.75) is 69.6 Å². The molecular weight excluding hydrogens is 533 g/mol. The fourth-order valence-electron chi connectivity index (χ4n) is 4.08. The summed E-state index contributed by atoms with van der Waals surface area (Å²) in [5.41, 5.74) is 0.647. The molecule has 3 rings (SSSR count). The van der Waals surface area contributed by atoms with Gasteiger partial charge in [-0.25, -0.2) is 8.42 Å². The first-order valence-corrected chi connectivity index (χ1v) is 14.4. The number of benzene rings is 1. The number of carbonyl (C=O) groups excluding carboxylic acids is 1. The molecule has 1 aliphatic rings. The second-order valence-corrected chi connectivity index (χ2v) is 14.5. The van der Waals surface area contributed by atoms with Gasteiger partial charge in [0.1, 0.15) is 12.2 Å². The van der Waals surface area contributed by atoms with E-state index in [4.69, 9.17) is 27.9 Å². The number of hydrogen-bond acceptors (Lipinski definition) is 6. The standard InChI is InChI=1S/C24H29Cl2NO6S2/c1-5-16(13-35(31,32)24(2,3)4)27-21(18-9-10-19(26)34-18)22(14-7-6-8-15(25)11-14)33-17(23(27)30)12-20(28)29/h6-11,16-17,21-22H,5,12-13H2,1-4H3,(H,28,29)/t16-,17?,21?,22?/m0/s1. The summed E-state index contributed by atoms with van der Waals surface area (Å²) >= 11 is 13.7. The first-order chi connectivity index (χ1) is 16.2. The van der Waals surface area contributed by atoms with Crippen molar-refractivity contribution in [1.82, 2.24) is 4.90 Å². The van der Waals surface area contributed by atoms with Gasteiger partial charge in [-0.15, -0.1) is 11.3 Å². The smallest absolute Gasteiger partial charge is 0.306 e. The van der Waals surface area contributed by atoms with Gasteiger partial charge in [0.15, 0.2) is 9.84 Å². The Morgan fingerprint density at radius 1 is 1.23 bits per heavy atom. The Bertz CT molecular complexity index is 1190. The average Bonchev–Trinajstić information content (AvgIpc) is 3.18. The molecule has 0 radical (unpaired) electrons. The minimum atomic E-state index is -3.61. The van der Waals surface area contributed by atoms with Crippen molar-refractivity contribution in [3.63, 3.8) is 0 Å². The lowest BCUT2D eigenvalue weighted by atomic mass is 9.93. The summed E-state index contributed by atoms with van der Waals surface area (Å²) in [6.07, 6.45) is -2.27. The number of carboxylic acid groups (broad SMARTS) is 1. The number of rotatable bonds is 8. The maximum atomic E-state index is 13.7. The Hall–Kier alpha value is -1.65. The number of ether oxygens (including phenoxy) is 1. The zero-order valence-corrected chi connectivity index (χ0v) is 23.0. The number of morpholine rings is 1. The van der Waals surface area contributed by atoms with Crippen molar-refractivity contribution >= 4 is 56.3 Å². The molecule has 1 N–H and O–H groups in total. The molecule has 4 atom stereocenters. The highest BCUT2D eigenvalue weighted by molar-refractivity contribution is 7.92. The molecule has 1 aromatic heterocycles. The first kappa shape index (κ1) is 27.9. The fraction of sp³-hybridized carbons (Fsp3) is 0.500. The summed E-state index contributed by atoms with van der Waals surface area (Å²) in [6.45, 7) is 6.67. The Balaban J connectivity index is 2.19. The summed E-state index contributed by atoms with van der Waals surface area (Å²) in [5.74, 6) is -2.02. The van der Waals surface area contributed by atoms with Gasteiger partial charge in [0.25, 0.3) is 5.91 Å². The van der Waals surface area contributed by atoms with Crippen molar-refractivity contribution in [1.29, 1.82) is 0 Å². The van der Waals surface area contributed by atoms with E-state index in [-0.39, 0.29) is 5.75 Å². The lowest BCUT2D eigenvalue weighted by Gasteiger charge is -2.47. The van der Waals surface area contributed by atoms with Gasteiger partial charge < -0.3 is 14.7 Å². The second kappa shape index (κ2) is 10.8. The molecular formula is C24H29Cl2NO6S2. The number of carbonyl (C=O) groups is 2. The number of hydrogen-bond donors (Lipinski definition) is 1. The molecule has 1 fully saturated rings. The van der Waals surface area contributed by atoms with Crippen LogP contribution in [-0.2, 0) is 24.2 Å². The first-order valence-electron chi connectivity index (χ1n) is 11.2. The van der Waals surface area contributed by atoms with E-state index in [1.54, 1.807) is 57.2 Å². The van der Waals surface area contributed by atoms with E-state index >= 15 is 0 Å². The maximum Gasteiger partial charge on any atom is 0.306 e. The summed E-state index contributed by atoms with van der Waals surface area (Å²) in [5, 5.41) is 9.92. The third kappa shape index (κ3) is 6.20. The topological polar surface area (TPSA) is 101 Å². The van der Waals surface area contributed by atoms with E-state index in [1.165, 1.54) is 16.2 Å². The highest BCUT2D eigenvalue weighted by Gasteiger charge is 2.49. The van der Waals surface area contributed by atoms with Crippen LogP contribution >= 0.6 is 34.5 Å². The monoisotopic (exact) mass is 561 g/mol. The van der Waals surface area contributed by atoms with Crippen LogP contribution in [0.5, 0.6) is 0 Å². The molecule has 1 amide bonds. The maximum absolute atomic E-state index is 13.7. The van der Waals surface area contributed by atoms with Crippen LogP contribution in [0.4, 0.5) is 0 Å². The van der Waals surface area contributed by atoms with Crippen LogP contribution in [0.2, 0.25) is 9.36 Å². The summed E-state index contributed by atoms with van der Waals surface area (Å²) in [4.78, 5) is 27.5. The van der Waals surface area contributed by atoms with E-state index < -0.39 is 57.2 Å². The molecule has 0 spiro atoms. The Morgan fingerprint density at radius 2 is 1.91 bits per heavy atom. The van der Waals surface area contributed by atoms with Gasteiger partial charge in [0.05, 0.1) is 27.3 Å². The van der Waals surface area contributed by atoms with Crippen LogP contribution in [0.15, 0.2) is 36.4 Å². The molecule has 3 unspecified atom stereocenters. The summed E-state index contributed by atoms with van der Waals surface area (Å²) < 4.78 is 32.0. The van der Waals surface area contributed by atoms with Gasteiger partial charge in [-0.3, -0.25) is 9.59 Å². The van der Waals surface area contributed by atoms with Gasteiger partial charge >= 0.3 is 5.97 Å². The molecule has 2 aromatic rings. The fourth-order valence-corrected chi connectivity index (χ4v) is 6.86. The molecule has 0 saturated carbocycles. The molecule has 1 aliphatic heterocycles. The molecule has 192 valence electrons. The highest BCUT2D eigenvalue weighted by atomic mass is 35.5. The van der Waals surface area contributed by atoms with E-state index in [2.05, 4.69) is 0 Å². The van der Waals surface area contributed by atoms with Gasteiger partial charge in [-0.05, 0) is 57.0 Å². The number of sulfone groups is 1. The Kier molecular flexibility index (Phi) is 8.59. The van der Waals surface area contributed by atoms with Gasteiger partial charge in [0, 0.05) is 15.9 Å². The zero-order chi connectivity index (χ0) is 26.1. The second-order valence-electron chi connectivity index (χ2n) is 9.49. The SMILES string of the molecule is CC[C@@H](CS(=O)(=O)C(C)(C)C)N1C(=O)C(CC(=O)O)OC(c2cccc(Cl)c2)C1c1ccc(Cl)s1. The van der Waals surface area contributed by atoms with E-state index in [9.17, 15) is 23.1 Å². The summed E-state index contributed by atoms with van der Waals surface area (Å²) in [6, 6.07) is 8.99. The van der Waals surface area contributed by atoms with Crippen molar-refractivity contribution in [3.05, 3.63) is 56.2 Å². The minimum absolute atomic E-state index is 0.267. The average molecular weight is 563 g/mol. The van der Waals surface area contributed by atoms with Crippen molar-refractivity contribution in [2.24, 2.45) is 0 Å². The van der Waals surface area contributed by atoms with Gasteiger partial charge in [-0.2, -0.15) is 0 Å². The quantitative estimate of drug-likeness (QED) is 0.454. The van der Waals surface area contributed by atoms with Crippen molar-refractivity contribution in [2.75, 3.05) is 5.75 Å². The van der Waals surface area contributed by atoms with Crippen LogP contribution in [0.3, 0.4) is 0 Å². The van der Waals surface area contributed by atoms with Gasteiger partial charge in [-0.1, -0.05) is 42.3 Å². The molecule has 2 heterocycles. The van der Waals surface area contributed by atoms with Crippen LogP contribution in [0.25, 0.3) is 0 Å². The number of thiophene rings is 1. The predicted octanol–water partition coefficient (Wildman–Crippen LogP) is 5.53. The number of nitrogens with zero attached hydrogens (tertiary/aromatic N) is 1. The van der Waals surface area contributed by atoms with Crippen LogP contribution in [-0.4, -0.2) is 52.9 Å². The largest absolute Gasteiger partial charge is 0.481 e. The molecule has 1 aromatic carbocycles. The molecule has 35 heavy (non-hydrogen) atoms. The van der Waals surface area contributed by atoms with E-state index in [0.29, 0.717) is 26.2 Å². The lowest BCUT2D eigenvalue weighted by molar-refractivity contribution is -0.182. The zero-order valence-electron chi connectivity index (χ0n) is 19.9. The molecule has 11 heteroatoms. The molecule has 7 nitrogen and oxygen atoms in total. The predicted molar refractivity (Wildman–Crippen MR) is 138 cm³/mol. The normalized spacial score (nSPS) is 22.3. The molecule has 0 aliphatic carbocycles. The highest BCUT2D eigenvalue weighted by Crippen LogP contribution is 2.47. The van der Waals surface area contributed by atoms with Crippen LogP contribution in [0, 0.1) is 0 Å². The Labute approximate surface area is 219 Å². The van der Waals surface area contributed by atoms with E-state index in [0.717, 1.165) is 0 Å². The Morgan fingerprint density at radius 3 is 2.43 bits per heavy atom. The molecule has 0 bridgehead atoms. The number of carboxylic acids is 1. The minimum Gasteiger partial charge on any atom is -0.481 e. The van der Waals surface area contributed by atoms with Crippen molar-refractivity contribution in [3.8, 4) is 0 Å². The summed E-state index contributed by atoms with van der Waals surface area (Å²) in [7, 11) is -3.61. The number of amides is 1. The lowest BCUT2D eigenvalue weighted by Crippen LogP contribution is -2.57. The third-order valence-electron chi connectivity index (χ3n) is 6.06. The van der Waals surface area contributed by atoms with E-state index in [1.807, 2.05) is 6.92 Å². The number of aliphatic carboxylic acids is 1.